The SMILES string of the molecule is CN1CCN(CCNC(=O)c2cn3c(n2)CCC3)CC1=O. The van der Waals surface area contributed by atoms with E-state index >= 15 is 0 Å². The summed E-state index contributed by atoms with van der Waals surface area (Å²) in [4.78, 5) is 31.8. The molecule has 0 spiro atoms. The molecule has 0 unspecified atom stereocenters. The number of rotatable bonds is 4. The number of fused-ring (bicyclic) bond motifs is 1. The van der Waals surface area contributed by atoms with Crippen LogP contribution in [0.15, 0.2) is 6.20 Å². The monoisotopic (exact) mass is 291 g/mol. The number of aromatic nitrogens is 2. The number of nitrogens with zero attached hydrogens (tertiary/aromatic N) is 4. The van der Waals surface area contributed by atoms with Crippen molar-refractivity contribution >= 4 is 11.8 Å². The number of aryl methyl sites for hydroxylation is 2. The maximum atomic E-state index is 12.0. The minimum atomic E-state index is -0.127. The van der Waals surface area contributed by atoms with Crippen molar-refractivity contribution in [2.24, 2.45) is 0 Å². The van der Waals surface area contributed by atoms with E-state index in [1.165, 1.54) is 0 Å². The summed E-state index contributed by atoms with van der Waals surface area (Å²) in [7, 11) is 1.82. The summed E-state index contributed by atoms with van der Waals surface area (Å²) in [6.07, 6.45) is 3.90. The first-order valence-electron chi connectivity index (χ1n) is 7.44. The van der Waals surface area contributed by atoms with Crippen LogP contribution in [-0.4, -0.2) is 70.9 Å². The summed E-state index contributed by atoms with van der Waals surface area (Å²) in [6, 6.07) is 0. The fourth-order valence-corrected chi connectivity index (χ4v) is 2.78. The third kappa shape index (κ3) is 3.07. The van der Waals surface area contributed by atoms with Gasteiger partial charge in [-0.2, -0.15) is 0 Å². The first-order valence-corrected chi connectivity index (χ1v) is 7.44. The Labute approximate surface area is 123 Å². The maximum absolute atomic E-state index is 12.0. The largest absolute Gasteiger partial charge is 0.349 e. The fraction of sp³-hybridized carbons (Fsp3) is 0.643. The molecule has 2 aliphatic rings. The van der Waals surface area contributed by atoms with Crippen molar-refractivity contribution in [3.8, 4) is 0 Å². The molecule has 0 radical (unpaired) electrons. The molecule has 1 N–H and O–H groups in total. The lowest BCUT2D eigenvalue weighted by Crippen LogP contribution is -2.50. The Hall–Kier alpha value is -1.89. The van der Waals surface area contributed by atoms with Gasteiger partial charge in [-0.05, 0) is 6.42 Å². The third-order valence-corrected chi connectivity index (χ3v) is 4.14. The Bertz CT molecular complexity index is 532. The standard InChI is InChI=1S/C14H21N5O2/c1-17-7-8-18(10-13(17)20)6-4-15-14(21)11-9-19-5-2-3-12(19)16-11/h9H,2-8,10H2,1H3,(H,15,21). The molecule has 1 aromatic heterocycles. The van der Waals surface area contributed by atoms with Crippen LogP contribution in [0.3, 0.4) is 0 Å². The fourth-order valence-electron chi connectivity index (χ4n) is 2.78. The van der Waals surface area contributed by atoms with Gasteiger partial charge in [0.1, 0.15) is 11.5 Å². The summed E-state index contributed by atoms with van der Waals surface area (Å²) in [5.74, 6) is 1.01. The molecule has 0 aromatic carbocycles. The predicted molar refractivity (Wildman–Crippen MR) is 77.0 cm³/mol. The number of likely N-dealkylation sites (N-methyl/N-ethyl adjacent to an activating group) is 1. The normalized spacial score (nSPS) is 18.9. The zero-order valence-corrected chi connectivity index (χ0v) is 12.3. The van der Waals surface area contributed by atoms with Crippen molar-refractivity contribution in [2.45, 2.75) is 19.4 Å². The molecule has 1 saturated heterocycles. The number of piperazine rings is 1. The number of carbonyl (C=O) groups excluding carboxylic acids is 2. The first-order chi connectivity index (χ1) is 10.1. The molecular formula is C14H21N5O2. The summed E-state index contributed by atoms with van der Waals surface area (Å²) in [5, 5.41) is 2.88. The Morgan fingerprint density at radius 2 is 2.24 bits per heavy atom. The zero-order chi connectivity index (χ0) is 14.8. The van der Waals surface area contributed by atoms with Crippen molar-refractivity contribution in [2.75, 3.05) is 39.8 Å². The van der Waals surface area contributed by atoms with Crippen molar-refractivity contribution in [1.82, 2.24) is 24.7 Å². The van der Waals surface area contributed by atoms with E-state index in [-0.39, 0.29) is 11.8 Å². The highest BCUT2D eigenvalue weighted by molar-refractivity contribution is 5.92. The molecule has 2 amide bonds. The highest BCUT2D eigenvalue weighted by Gasteiger charge is 2.21. The topological polar surface area (TPSA) is 70.5 Å². The molecule has 3 heterocycles. The lowest BCUT2D eigenvalue weighted by Gasteiger charge is -2.31. The van der Waals surface area contributed by atoms with Gasteiger partial charge in [0.15, 0.2) is 0 Å². The molecule has 0 atom stereocenters. The minimum absolute atomic E-state index is 0.127. The van der Waals surface area contributed by atoms with Gasteiger partial charge < -0.3 is 14.8 Å². The molecule has 0 saturated carbocycles. The lowest BCUT2D eigenvalue weighted by atomic mass is 10.3. The van der Waals surface area contributed by atoms with Crippen LogP contribution in [0.4, 0.5) is 0 Å². The minimum Gasteiger partial charge on any atom is -0.349 e. The van der Waals surface area contributed by atoms with Gasteiger partial charge in [0.05, 0.1) is 6.54 Å². The number of imidazole rings is 1. The number of hydrogen-bond donors (Lipinski definition) is 1. The van der Waals surface area contributed by atoms with Crippen LogP contribution in [0.1, 0.15) is 22.7 Å². The van der Waals surface area contributed by atoms with Crippen LogP contribution in [0, 0.1) is 0 Å². The second kappa shape index (κ2) is 5.85. The molecule has 114 valence electrons. The van der Waals surface area contributed by atoms with Gasteiger partial charge in [-0.1, -0.05) is 0 Å². The molecule has 0 aliphatic carbocycles. The van der Waals surface area contributed by atoms with Gasteiger partial charge in [0.2, 0.25) is 5.91 Å². The number of carbonyl (C=O) groups is 2. The van der Waals surface area contributed by atoms with Crippen molar-refractivity contribution in [3.63, 3.8) is 0 Å². The predicted octanol–water partition coefficient (Wildman–Crippen LogP) is -0.667. The molecule has 0 bridgehead atoms. The average Bonchev–Trinajstić information content (AvgIpc) is 3.03. The quantitative estimate of drug-likeness (QED) is 0.799. The summed E-state index contributed by atoms with van der Waals surface area (Å²) < 4.78 is 2.05. The van der Waals surface area contributed by atoms with Crippen LogP contribution in [0.2, 0.25) is 0 Å². The van der Waals surface area contributed by atoms with Crippen molar-refractivity contribution in [3.05, 3.63) is 17.7 Å². The molecule has 21 heavy (non-hydrogen) atoms. The highest BCUT2D eigenvalue weighted by atomic mass is 16.2. The van der Waals surface area contributed by atoms with Crippen molar-refractivity contribution < 1.29 is 9.59 Å². The van der Waals surface area contributed by atoms with E-state index in [9.17, 15) is 9.59 Å². The van der Waals surface area contributed by atoms with E-state index in [1.807, 2.05) is 17.8 Å². The number of nitrogens with one attached hydrogen (secondary N) is 1. The van der Waals surface area contributed by atoms with Crippen LogP contribution in [0.5, 0.6) is 0 Å². The maximum Gasteiger partial charge on any atom is 0.271 e. The molecule has 7 nitrogen and oxygen atoms in total. The van der Waals surface area contributed by atoms with Crippen molar-refractivity contribution in [1.29, 1.82) is 0 Å². The summed E-state index contributed by atoms with van der Waals surface area (Å²) >= 11 is 0. The smallest absolute Gasteiger partial charge is 0.271 e. The van der Waals surface area contributed by atoms with Crippen LogP contribution >= 0.6 is 0 Å². The number of amides is 2. The Morgan fingerprint density at radius 3 is 3.00 bits per heavy atom. The van der Waals surface area contributed by atoms with Gasteiger partial charge in [-0.25, -0.2) is 4.98 Å². The second-order valence-electron chi connectivity index (χ2n) is 5.69. The third-order valence-electron chi connectivity index (χ3n) is 4.14. The molecule has 1 fully saturated rings. The van der Waals surface area contributed by atoms with E-state index in [0.717, 1.165) is 38.3 Å². The van der Waals surface area contributed by atoms with Crippen LogP contribution in [0.25, 0.3) is 0 Å². The summed E-state index contributed by atoms with van der Waals surface area (Å²) in [5.41, 5.74) is 0.499. The van der Waals surface area contributed by atoms with Crippen LogP contribution < -0.4 is 5.32 Å². The van der Waals surface area contributed by atoms with Gasteiger partial charge in [-0.3, -0.25) is 14.5 Å². The van der Waals surface area contributed by atoms with E-state index in [1.54, 1.807) is 4.90 Å². The van der Waals surface area contributed by atoms with E-state index in [2.05, 4.69) is 15.2 Å². The van der Waals surface area contributed by atoms with E-state index < -0.39 is 0 Å². The Kier molecular flexibility index (Phi) is 3.92. The van der Waals surface area contributed by atoms with Gasteiger partial charge in [0, 0.05) is 52.4 Å². The first kappa shape index (κ1) is 14.1. The lowest BCUT2D eigenvalue weighted by molar-refractivity contribution is -0.134. The second-order valence-corrected chi connectivity index (χ2v) is 5.69. The van der Waals surface area contributed by atoms with Gasteiger partial charge >= 0.3 is 0 Å². The van der Waals surface area contributed by atoms with E-state index in [4.69, 9.17) is 0 Å². The molecule has 3 rings (SSSR count). The average molecular weight is 291 g/mol. The zero-order valence-electron chi connectivity index (χ0n) is 12.3. The Balaban J connectivity index is 1.44. The summed E-state index contributed by atoms with van der Waals surface area (Å²) in [6.45, 7) is 4.23. The Morgan fingerprint density at radius 1 is 1.38 bits per heavy atom. The highest BCUT2D eigenvalue weighted by Crippen LogP contribution is 2.14. The molecule has 7 heteroatoms. The molecular weight excluding hydrogens is 270 g/mol. The molecule has 2 aliphatic heterocycles. The van der Waals surface area contributed by atoms with Gasteiger partial charge in [0.25, 0.3) is 5.91 Å². The van der Waals surface area contributed by atoms with Gasteiger partial charge in [-0.15, -0.1) is 0 Å². The van der Waals surface area contributed by atoms with Crippen LogP contribution in [-0.2, 0) is 17.8 Å². The van der Waals surface area contributed by atoms with E-state index in [0.29, 0.717) is 25.3 Å². The molecule has 1 aromatic rings. The number of hydrogen-bond acceptors (Lipinski definition) is 4.